The number of aryl methyl sites for hydroxylation is 3. The van der Waals surface area contributed by atoms with E-state index >= 15 is 0 Å². The summed E-state index contributed by atoms with van der Waals surface area (Å²) in [5, 5.41) is 48.4. The standard InChI is InChI=1S/C19H30O6/c1-5-6-16(18(23)19(24)17(22)15(21)9-20)25-10-14-12(3)7-11(2)8-13(14)4/h5,7-8,15-24H,1,6,9-10H2,2-4H3. The molecule has 1 aromatic rings. The van der Waals surface area contributed by atoms with E-state index in [1.54, 1.807) is 6.08 Å². The summed E-state index contributed by atoms with van der Waals surface area (Å²) in [5.74, 6) is 0. The van der Waals surface area contributed by atoms with Crippen molar-refractivity contribution in [1.29, 1.82) is 0 Å². The van der Waals surface area contributed by atoms with Crippen LogP contribution in [0.15, 0.2) is 24.8 Å². The van der Waals surface area contributed by atoms with Crippen molar-refractivity contribution < 1.29 is 30.3 Å². The minimum Gasteiger partial charge on any atom is -0.394 e. The molecule has 0 aliphatic heterocycles. The summed E-state index contributed by atoms with van der Waals surface area (Å²) in [6.45, 7) is 9.10. The molecule has 0 aliphatic rings. The Kier molecular flexibility index (Phi) is 8.71. The van der Waals surface area contributed by atoms with E-state index in [4.69, 9.17) is 9.84 Å². The molecule has 5 unspecified atom stereocenters. The zero-order chi connectivity index (χ0) is 19.1. The Morgan fingerprint density at radius 1 is 1.00 bits per heavy atom. The van der Waals surface area contributed by atoms with Crippen LogP contribution in [0.4, 0.5) is 0 Å². The molecule has 0 radical (unpaired) electrons. The summed E-state index contributed by atoms with van der Waals surface area (Å²) < 4.78 is 5.78. The Morgan fingerprint density at radius 3 is 2.04 bits per heavy atom. The Bertz CT molecular complexity index is 536. The Labute approximate surface area is 149 Å². The van der Waals surface area contributed by atoms with Gasteiger partial charge in [-0.25, -0.2) is 0 Å². The molecule has 5 N–H and O–H groups in total. The number of hydrogen-bond donors (Lipinski definition) is 5. The molecule has 1 rings (SSSR count). The van der Waals surface area contributed by atoms with Crippen molar-refractivity contribution in [3.05, 3.63) is 47.0 Å². The maximum Gasteiger partial charge on any atom is 0.111 e. The second-order valence-corrected chi connectivity index (χ2v) is 6.47. The summed E-state index contributed by atoms with van der Waals surface area (Å²) in [5.41, 5.74) is 4.29. The molecule has 0 aliphatic carbocycles. The first-order valence-electron chi connectivity index (χ1n) is 8.35. The second-order valence-electron chi connectivity index (χ2n) is 6.47. The average molecular weight is 354 g/mol. The monoisotopic (exact) mass is 354 g/mol. The average Bonchev–Trinajstić information content (AvgIpc) is 2.57. The zero-order valence-electron chi connectivity index (χ0n) is 15.1. The number of ether oxygens (including phenoxy) is 1. The number of aliphatic hydroxyl groups excluding tert-OH is 5. The van der Waals surface area contributed by atoms with Crippen LogP contribution in [0.1, 0.15) is 28.7 Å². The van der Waals surface area contributed by atoms with Crippen LogP contribution in [0.5, 0.6) is 0 Å². The molecule has 0 saturated heterocycles. The van der Waals surface area contributed by atoms with Gasteiger partial charge in [-0.3, -0.25) is 0 Å². The fourth-order valence-corrected chi connectivity index (χ4v) is 2.86. The van der Waals surface area contributed by atoms with Crippen molar-refractivity contribution in [2.24, 2.45) is 0 Å². The van der Waals surface area contributed by atoms with Gasteiger partial charge in [0.15, 0.2) is 0 Å². The van der Waals surface area contributed by atoms with Crippen LogP contribution in [0.25, 0.3) is 0 Å². The van der Waals surface area contributed by atoms with E-state index in [1.165, 1.54) is 0 Å². The van der Waals surface area contributed by atoms with E-state index in [-0.39, 0.29) is 13.0 Å². The van der Waals surface area contributed by atoms with Crippen molar-refractivity contribution in [3.8, 4) is 0 Å². The van der Waals surface area contributed by atoms with Crippen LogP contribution < -0.4 is 0 Å². The molecule has 6 heteroatoms. The summed E-state index contributed by atoms with van der Waals surface area (Å²) in [7, 11) is 0. The van der Waals surface area contributed by atoms with Crippen LogP contribution in [0.3, 0.4) is 0 Å². The van der Waals surface area contributed by atoms with Gasteiger partial charge in [0.2, 0.25) is 0 Å². The molecule has 1 aromatic carbocycles. The van der Waals surface area contributed by atoms with Gasteiger partial charge < -0.3 is 30.3 Å². The van der Waals surface area contributed by atoms with Gasteiger partial charge in [0, 0.05) is 0 Å². The van der Waals surface area contributed by atoms with E-state index in [9.17, 15) is 20.4 Å². The molecule has 25 heavy (non-hydrogen) atoms. The molecular weight excluding hydrogens is 324 g/mol. The Morgan fingerprint density at radius 2 is 1.56 bits per heavy atom. The van der Waals surface area contributed by atoms with Crippen LogP contribution in [0.2, 0.25) is 0 Å². The minimum atomic E-state index is -1.68. The fourth-order valence-electron chi connectivity index (χ4n) is 2.86. The van der Waals surface area contributed by atoms with Gasteiger partial charge in [0.1, 0.15) is 24.4 Å². The SMILES string of the molecule is C=CCC(OCc1c(C)cc(C)cc1C)C(O)C(O)C(O)C(O)CO. The highest BCUT2D eigenvalue weighted by Gasteiger charge is 2.34. The maximum absolute atomic E-state index is 10.3. The van der Waals surface area contributed by atoms with E-state index in [0.29, 0.717) is 0 Å². The normalized spacial score (nSPS) is 17.6. The summed E-state index contributed by atoms with van der Waals surface area (Å²) in [6, 6.07) is 4.08. The third-order valence-corrected chi connectivity index (χ3v) is 4.34. The first kappa shape index (κ1) is 21.8. The van der Waals surface area contributed by atoms with Crippen LogP contribution in [-0.4, -0.2) is 62.7 Å². The molecule has 6 nitrogen and oxygen atoms in total. The highest BCUT2D eigenvalue weighted by Crippen LogP contribution is 2.21. The van der Waals surface area contributed by atoms with Gasteiger partial charge in [0.05, 0.1) is 19.3 Å². The fraction of sp³-hybridized carbons (Fsp3) is 0.579. The lowest BCUT2D eigenvalue weighted by Crippen LogP contribution is -2.50. The lowest BCUT2D eigenvalue weighted by molar-refractivity contribution is -0.152. The molecule has 0 fully saturated rings. The lowest BCUT2D eigenvalue weighted by Gasteiger charge is -2.30. The molecule has 0 amide bonds. The highest BCUT2D eigenvalue weighted by atomic mass is 16.5. The maximum atomic E-state index is 10.3. The molecule has 5 atom stereocenters. The third-order valence-electron chi connectivity index (χ3n) is 4.34. The van der Waals surface area contributed by atoms with Gasteiger partial charge in [-0.05, 0) is 43.9 Å². The quantitative estimate of drug-likeness (QED) is 0.392. The van der Waals surface area contributed by atoms with Gasteiger partial charge >= 0.3 is 0 Å². The predicted octanol–water partition coefficient (Wildman–Crippen LogP) is 0.509. The smallest absolute Gasteiger partial charge is 0.111 e. The topological polar surface area (TPSA) is 110 Å². The van der Waals surface area contributed by atoms with Gasteiger partial charge in [-0.2, -0.15) is 0 Å². The number of aliphatic hydroxyl groups is 5. The van der Waals surface area contributed by atoms with Gasteiger partial charge in [-0.1, -0.05) is 23.8 Å². The van der Waals surface area contributed by atoms with Gasteiger partial charge in [-0.15, -0.1) is 6.58 Å². The summed E-state index contributed by atoms with van der Waals surface area (Å²) in [6.07, 6.45) is -5.34. The van der Waals surface area contributed by atoms with Crippen molar-refractivity contribution >= 4 is 0 Å². The predicted molar refractivity (Wildman–Crippen MR) is 95.2 cm³/mol. The Hall–Kier alpha value is -1.28. The van der Waals surface area contributed by atoms with Crippen LogP contribution in [0, 0.1) is 20.8 Å². The first-order chi connectivity index (χ1) is 11.7. The molecule has 0 saturated carbocycles. The molecule has 0 heterocycles. The number of benzene rings is 1. The largest absolute Gasteiger partial charge is 0.394 e. The van der Waals surface area contributed by atoms with Gasteiger partial charge in [0.25, 0.3) is 0 Å². The molecular formula is C19H30O6. The second kappa shape index (κ2) is 10.0. The summed E-state index contributed by atoms with van der Waals surface area (Å²) in [4.78, 5) is 0. The van der Waals surface area contributed by atoms with E-state index in [1.807, 2.05) is 32.9 Å². The molecule has 0 aromatic heterocycles. The van der Waals surface area contributed by atoms with E-state index in [0.717, 1.165) is 22.3 Å². The van der Waals surface area contributed by atoms with Crippen LogP contribution in [-0.2, 0) is 11.3 Å². The first-order valence-corrected chi connectivity index (χ1v) is 8.35. The minimum absolute atomic E-state index is 0.235. The van der Waals surface area contributed by atoms with E-state index < -0.39 is 37.1 Å². The molecule has 0 bridgehead atoms. The summed E-state index contributed by atoms with van der Waals surface area (Å²) >= 11 is 0. The van der Waals surface area contributed by atoms with Crippen LogP contribution >= 0.6 is 0 Å². The Balaban J connectivity index is 2.85. The number of rotatable bonds is 10. The number of hydrogen-bond acceptors (Lipinski definition) is 6. The lowest BCUT2D eigenvalue weighted by atomic mass is 9.97. The van der Waals surface area contributed by atoms with Crippen molar-refractivity contribution in [1.82, 2.24) is 0 Å². The zero-order valence-corrected chi connectivity index (χ0v) is 15.1. The van der Waals surface area contributed by atoms with E-state index in [2.05, 4.69) is 6.58 Å². The highest BCUT2D eigenvalue weighted by molar-refractivity contribution is 5.36. The third kappa shape index (κ3) is 5.88. The van der Waals surface area contributed by atoms with Crippen molar-refractivity contribution in [2.45, 2.75) is 64.3 Å². The molecule has 0 spiro atoms. The van der Waals surface area contributed by atoms with Crippen molar-refractivity contribution in [2.75, 3.05) is 6.61 Å². The van der Waals surface area contributed by atoms with Crippen molar-refractivity contribution in [3.63, 3.8) is 0 Å². The molecule has 142 valence electrons.